The number of nitrogens with zero attached hydrogens (tertiary/aromatic N) is 1. The van der Waals surface area contributed by atoms with E-state index in [1.54, 1.807) is 6.07 Å². The summed E-state index contributed by atoms with van der Waals surface area (Å²) in [5.74, 6) is 1.23. The lowest BCUT2D eigenvalue weighted by molar-refractivity contribution is -0.138. The van der Waals surface area contributed by atoms with Gasteiger partial charge in [0, 0.05) is 19.1 Å². The van der Waals surface area contributed by atoms with Crippen molar-refractivity contribution in [1.29, 1.82) is 0 Å². The van der Waals surface area contributed by atoms with Crippen molar-refractivity contribution in [3.63, 3.8) is 0 Å². The van der Waals surface area contributed by atoms with Gasteiger partial charge in [0.2, 0.25) is 0 Å². The molecule has 1 aromatic rings. The second kappa shape index (κ2) is 6.36. The Kier molecular flexibility index (Phi) is 4.94. The summed E-state index contributed by atoms with van der Waals surface area (Å²) < 4.78 is 39.1. The third-order valence-electron chi connectivity index (χ3n) is 4.37. The Morgan fingerprint density at radius 1 is 1.29 bits per heavy atom. The van der Waals surface area contributed by atoms with E-state index in [1.165, 1.54) is 12.1 Å². The summed E-state index contributed by atoms with van der Waals surface area (Å²) in [6, 6.07) is 5.02. The van der Waals surface area contributed by atoms with Crippen LogP contribution in [0.3, 0.4) is 0 Å². The smallest absolute Gasteiger partial charge is 0.323 e. The lowest BCUT2D eigenvalue weighted by Crippen LogP contribution is -2.32. The fourth-order valence-corrected chi connectivity index (χ4v) is 3.03. The predicted molar refractivity (Wildman–Crippen MR) is 77.8 cm³/mol. The quantitative estimate of drug-likeness (QED) is 0.919. The van der Waals surface area contributed by atoms with Gasteiger partial charge in [-0.3, -0.25) is 0 Å². The largest absolute Gasteiger partial charge is 0.416 e. The minimum atomic E-state index is -4.35. The van der Waals surface area contributed by atoms with Gasteiger partial charge in [0.05, 0.1) is 5.56 Å². The number of hydrogen-bond acceptors (Lipinski definition) is 2. The summed E-state index contributed by atoms with van der Waals surface area (Å²) in [7, 11) is 0. The van der Waals surface area contributed by atoms with E-state index in [2.05, 4.69) is 18.7 Å². The van der Waals surface area contributed by atoms with E-state index >= 15 is 0 Å². The van der Waals surface area contributed by atoms with Crippen molar-refractivity contribution in [2.75, 3.05) is 19.6 Å². The van der Waals surface area contributed by atoms with Gasteiger partial charge >= 0.3 is 6.18 Å². The molecule has 2 N–H and O–H groups in total. The highest BCUT2D eigenvalue weighted by molar-refractivity contribution is 5.32. The summed E-state index contributed by atoms with van der Waals surface area (Å²) in [6.45, 7) is 6.71. The van der Waals surface area contributed by atoms with Gasteiger partial charge in [-0.25, -0.2) is 0 Å². The number of rotatable bonds is 4. The maximum Gasteiger partial charge on any atom is 0.416 e. The molecule has 2 atom stereocenters. The zero-order valence-corrected chi connectivity index (χ0v) is 12.5. The van der Waals surface area contributed by atoms with E-state index in [0.717, 1.165) is 25.6 Å². The molecule has 5 heteroatoms. The van der Waals surface area contributed by atoms with Crippen molar-refractivity contribution in [3.05, 3.63) is 35.4 Å². The minimum absolute atomic E-state index is 0.193. The van der Waals surface area contributed by atoms with E-state index < -0.39 is 17.8 Å². The van der Waals surface area contributed by atoms with Crippen LogP contribution < -0.4 is 5.73 Å². The topological polar surface area (TPSA) is 29.3 Å². The summed E-state index contributed by atoms with van der Waals surface area (Å²) in [4.78, 5) is 2.18. The molecule has 1 aliphatic rings. The molecule has 2 rings (SSSR count). The minimum Gasteiger partial charge on any atom is -0.323 e. The van der Waals surface area contributed by atoms with Crippen LogP contribution in [0.2, 0.25) is 0 Å². The number of alkyl halides is 3. The standard InChI is InChI=1S/C16H23F3N2/c1-11(2)12-7-8-21(9-12)10-15(20)13-5-3-4-6-14(13)16(17,18)19/h3-6,11-12,15H,7-10,20H2,1-2H3. The Labute approximate surface area is 124 Å². The van der Waals surface area contributed by atoms with Gasteiger partial charge < -0.3 is 10.6 Å². The highest BCUT2D eigenvalue weighted by Crippen LogP contribution is 2.34. The van der Waals surface area contributed by atoms with Crippen LogP contribution in [0.4, 0.5) is 13.2 Å². The molecule has 1 saturated heterocycles. The van der Waals surface area contributed by atoms with Crippen LogP contribution in [0.25, 0.3) is 0 Å². The monoisotopic (exact) mass is 300 g/mol. The lowest BCUT2D eigenvalue weighted by Gasteiger charge is -2.24. The highest BCUT2D eigenvalue weighted by Gasteiger charge is 2.35. The summed E-state index contributed by atoms with van der Waals surface area (Å²) in [5, 5.41) is 0. The summed E-state index contributed by atoms with van der Waals surface area (Å²) in [6.07, 6.45) is -3.25. The Morgan fingerprint density at radius 3 is 2.52 bits per heavy atom. The molecule has 1 aromatic carbocycles. The number of benzene rings is 1. The van der Waals surface area contributed by atoms with Crippen LogP contribution in [0.15, 0.2) is 24.3 Å². The fourth-order valence-electron chi connectivity index (χ4n) is 3.03. The van der Waals surface area contributed by atoms with Crippen LogP contribution in [-0.4, -0.2) is 24.5 Å². The van der Waals surface area contributed by atoms with E-state index in [4.69, 9.17) is 5.73 Å². The third kappa shape index (κ3) is 3.98. The van der Waals surface area contributed by atoms with Gasteiger partial charge in [-0.15, -0.1) is 0 Å². The molecular weight excluding hydrogens is 277 g/mol. The van der Waals surface area contributed by atoms with Gasteiger partial charge in [0.15, 0.2) is 0 Å². The van der Waals surface area contributed by atoms with Crippen LogP contribution in [0, 0.1) is 11.8 Å². The molecule has 2 unspecified atom stereocenters. The third-order valence-corrected chi connectivity index (χ3v) is 4.37. The van der Waals surface area contributed by atoms with Gasteiger partial charge in [-0.05, 0) is 36.4 Å². The first-order chi connectivity index (χ1) is 9.79. The first kappa shape index (κ1) is 16.3. The van der Waals surface area contributed by atoms with E-state index in [1.807, 2.05) is 0 Å². The van der Waals surface area contributed by atoms with Crippen LogP contribution in [0.5, 0.6) is 0 Å². The molecule has 0 radical (unpaired) electrons. The number of likely N-dealkylation sites (tertiary alicyclic amines) is 1. The average Bonchev–Trinajstić information content (AvgIpc) is 2.86. The molecule has 0 bridgehead atoms. The van der Waals surface area contributed by atoms with Crippen LogP contribution >= 0.6 is 0 Å². The number of halogens is 3. The second-order valence-electron chi connectivity index (χ2n) is 6.24. The first-order valence-corrected chi connectivity index (χ1v) is 7.43. The maximum atomic E-state index is 13.0. The van der Waals surface area contributed by atoms with Gasteiger partial charge in [0.25, 0.3) is 0 Å². The molecule has 2 nitrogen and oxygen atoms in total. The molecule has 0 aliphatic carbocycles. The van der Waals surface area contributed by atoms with Gasteiger partial charge in [-0.1, -0.05) is 32.0 Å². The zero-order valence-electron chi connectivity index (χ0n) is 12.5. The average molecular weight is 300 g/mol. The number of hydrogen-bond donors (Lipinski definition) is 1. The van der Waals surface area contributed by atoms with Crippen LogP contribution in [-0.2, 0) is 6.18 Å². The SMILES string of the molecule is CC(C)C1CCN(CC(N)c2ccccc2C(F)(F)F)C1. The second-order valence-corrected chi connectivity index (χ2v) is 6.24. The summed E-state index contributed by atoms with van der Waals surface area (Å²) >= 11 is 0. The molecule has 1 heterocycles. The Bertz CT molecular complexity index is 471. The summed E-state index contributed by atoms with van der Waals surface area (Å²) in [5.41, 5.74) is 5.63. The molecule has 0 saturated carbocycles. The molecule has 1 fully saturated rings. The Balaban J connectivity index is 2.06. The number of nitrogens with two attached hydrogens (primary N) is 1. The molecular formula is C16H23F3N2. The van der Waals surface area contributed by atoms with E-state index in [0.29, 0.717) is 18.4 Å². The Hall–Kier alpha value is -1.07. The maximum absolute atomic E-state index is 13.0. The van der Waals surface area contributed by atoms with Crippen molar-refractivity contribution in [1.82, 2.24) is 4.90 Å². The van der Waals surface area contributed by atoms with Crippen molar-refractivity contribution in [3.8, 4) is 0 Å². The van der Waals surface area contributed by atoms with Crippen molar-refractivity contribution < 1.29 is 13.2 Å². The first-order valence-electron chi connectivity index (χ1n) is 7.43. The fraction of sp³-hybridized carbons (Fsp3) is 0.625. The van der Waals surface area contributed by atoms with Crippen molar-refractivity contribution >= 4 is 0 Å². The van der Waals surface area contributed by atoms with Crippen LogP contribution in [0.1, 0.15) is 37.4 Å². The zero-order chi connectivity index (χ0) is 15.6. The molecule has 0 amide bonds. The normalized spacial score (nSPS) is 22.0. The van der Waals surface area contributed by atoms with Crippen molar-refractivity contribution in [2.24, 2.45) is 17.6 Å². The highest BCUT2D eigenvalue weighted by atomic mass is 19.4. The molecule has 118 valence electrons. The molecule has 0 spiro atoms. The molecule has 0 aromatic heterocycles. The van der Waals surface area contributed by atoms with Gasteiger partial charge in [-0.2, -0.15) is 13.2 Å². The molecule has 1 aliphatic heterocycles. The van der Waals surface area contributed by atoms with E-state index in [9.17, 15) is 13.2 Å². The van der Waals surface area contributed by atoms with Gasteiger partial charge in [0.1, 0.15) is 0 Å². The Morgan fingerprint density at radius 2 is 1.95 bits per heavy atom. The predicted octanol–water partition coefficient (Wildman–Crippen LogP) is 3.68. The lowest BCUT2D eigenvalue weighted by atomic mass is 9.95. The van der Waals surface area contributed by atoms with E-state index in [-0.39, 0.29) is 5.56 Å². The molecule has 21 heavy (non-hydrogen) atoms. The van der Waals surface area contributed by atoms with Crippen molar-refractivity contribution in [2.45, 2.75) is 32.5 Å².